The topological polar surface area (TPSA) is 68.3 Å². The highest BCUT2D eigenvalue weighted by molar-refractivity contribution is 7.13. The molecule has 0 spiro atoms. The number of nitrogens with one attached hydrogen (secondary N) is 3. The van der Waals surface area contributed by atoms with Crippen LogP contribution in [0.5, 0.6) is 0 Å². The van der Waals surface area contributed by atoms with Gasteiger partial charge in [0, 0.05) is 61.6 Å². The van der Waals surface area contributed by atoms with Gasteiger partial charge in [0.15, 0.2) is 11.1 Å². The zero-order valence-electron chi connectivity index (χ0n) is 18.0. The molecule has 4 rings (SSSR count). The molecule has 0 saturated carbocycles. The summed E-state index contributed by atoms with van der Waals surface area (Å²) in [6, 6.07) is 6.46. The molecule has 0 bridgehead atoms. The molecular formula is C23H32N6S. The van der Waals surface area contributed by atoms with E-state index in [2.05, 4.69) is 64.1 Å². The Hall–Kier alpha value is -2.54. The number of hydrogen-bond donors (Lipinski definition) is 3. The molecule has 30 heavy (non-hydrogen) atoms. The number of guanidine groups is 1. The third kappa shape index (κ3) is 4.95. The first-order valence-electron chi connectivity index (χ1n) is 11.0. The molecule has 3 N–H and O–H groups in total. The second kappa shape index (κ2) is 9.98. The highest BCUT2D eigenvalue weighted by Gasteiger charge is 2.15. The van der Waals surface area contributed by atoms with Crippen molar-refractivity contribution in [2.45, 2.75) is 39.5 Å². The quantitative estimate of drug-likeness (QED) is 0.379. The second-order valence-electron chi connectivity index (χ2n) is 7.81. The molecule has 1 aliphatic rings. The fourth-order valence-corrected chi connectivity index (χ4v) is 4.89. The van der Waals surface area contributed by atoms with Crippen molar-refractivity contribution in [2.75, 3.05) is 37.6 Å². The van der Waals surface area contributed by atoms with Gasteiger partial charge < -0.3 is 20.5 Å². The van der Waals surface area contributed by atoms with E-state index in [1.807, 2.05) is 0 Å². The summed E-state index contributed by atoms with van der Waals surface area (Å²) in [4.78, 5) is 15.4. The number of fused-ring (bicyclic) bond motifs is 1. The van der Waals surface area contributed by atoms with Crippen LogP contribution < -0.4 is 15.5 Å². The predicted octanol–water partition coefficient (Wildman–Crippen LogP) is 3.87. The summed E-state index contributed by atoms with van der Waals surface area (Å²) in [5.74, 6) is 0.878. The van der Waals surface area contributed by atoms with Gasteiger partial charge in [-0.3, -0.25) is 4.99 Å². The minimum atomic E-state index is 0.741. The Labute approximate surface area is 182 Å². The SMILES string of the molecule is CCNC(=NCCc1csc(N2CCCC2)n1)NCCc1c[nH]c2c(C)cccc12. The molecule has 1 fully saturated rings. The number of H-pyrrole nitrogens is 1. The van der Waals surface area contributed by atoms with Gasteiger partial charge in [-0.25, -0.2) is 4.98 Å². The third-order valence-corrected chi connectivity index (χ3v) is 6.54. The van der Waals surface area contributed by atoms with Gasteiger partial charge in [-0.2, -0.15) is 0 Å². The number of anilines is 1. The van der Waals surface area contributed by atoms with Crippen LogP contribution in [0.1, 0.15) is 36.6 Å². The lowest BCUT2D eigenvalue weighted by atomic mass is 10.1. The summed E-state index contributed by atoms with van der Waals surface area (Å²) in [5.41, 5.74) is 5.02. The van der Waals surface area contributed by atoms with Crippen molar-refractivity contribution in [3.05, 3.63) is 46.6 Å². The van der Waals surface area contributed by atoms with E-state index in [-0.39, 0.29) is 0 Å². The first-order chi connectivity index (χ1) is 14.7. The fourth-order valence-electron chi connectivity index (χ4n) is 3.98. The Kier molecular flexibility index (Phi) is 6.89. The number of aliphatic imine (C=N–C) groups is 1. The van der Waals surface area contributed by atoms with Gasteiger partial charge in [-0.1, -0.05) is 18.2 Å². The molecule has 0 aliphatic carbocycles. The van der Waals surface area contributed by atoms with Crippen molar-refractivity contribution < 1.29 is 0 Å². The number of rotatable bonds is 8. The molecule has 0 radical (unpaired) electrons. The summed E-state index contributed by atoms with van der Waals surface area (Å²) in [6.45, 7) is 8.99. The van der Waals surface area contributed by atoms with E-state index >= 15 is 0 Å². The second-order valence-corrected chi connectivity index (χ2v) is 8.65. The third-order valence-electron chi connectivity index (χ3n) is 5.59. The summed E-state index contributed by atoms with van der Waals surface area (Å²) >= 11 is 1.76. The van der Waals surface area contributed by atoms with Crippen molar-refractivity contribution in [3.8, 4) is 0 Å². The summed E-state index contributed by atoms with van der Waals surface area (Å²) < 4.78 is 0. The highest BCUT2D eigenvalue weighted by Crippen LogP contribution is 2.24. The first-order valence-corrected chi connectivity index (χ1v) is 11.9. The summed E-state index contributed by atoms with van der Waals surface area (Å²) in [7, 11) is 0. The zero-order valence-corrected chi connectivity index (χ0v) is 18.8. The number of nitrogens with zero attached hydrogens (tertiary/aromatic N) is 3. The average molecular weight is 425 g/mol. The maximum atomic E-state index is 4.80. The molecule has 2 aromatic heterocycles. The molecule has 160 valence electrons. The van der Waals surface area contributed by atoms with Gasteiger partial charge in [-0.05, 0) is 44.2 Å². The molecule has 3 aromatic rings. The molecule has 1 aromatic carbocycles. The van der Waals surface area contributed by atoms with Crippen LogP contribution in [-0.4, -0.2) is 48.7 Å². The van der Waals surface area contributed by atoms with Crippen LogP contribution in [0.4, 0.5) is 5.13 Å². The molecular weight excluding hydrogens is 392 g/mol. The van der Waals surface area contributed by atoms with E-state index in [0.29, 0.717) is 0 Å². The Bertz CT molecular complexity index is 983. The number of hydrogen-bond acceptors (Lipinski definition) is 4. The number of thiazole rings is 1. The Morgan fingerprint density at radius 3 is 2.93 bits per heavy atom. The Balaban J connectivity index is 1.28. The predicted molar refractivity (Wildman–Crippen MR) is 128 cm³/mol. The van der Waals surface area contributed by atoms with Crippen molar-refractivity contribution in [2.24, 2.45) is 4.99 Å². The van der Waals surface area contributed by atoms with Crippen LogP contribution in [-0.2, 0) is 12.8 Å². The van der Waals surface area contributed by atoms with Crippen molar-refractivity contribution in [1.29, 1.82) is 0 Å². The molecule has 0 atom stereocenters. The van der Waals surface area contributed by atoms with Crippen LogP contribution in [0, 0.1) is 6.92 Å². The van der Waals surface area contributed by atoms with E-state index in [9.17, 15) is 0 Å². The van der Waals surface area contributed by atoms with Gasteiger partial charge >= 0.3 is 0 Å². The normalized spacial score (nSPS) is 14.6. The standard InChI is InChI=1S/C23H32N6S/c1-3-24-22(25-11-9-18-15-27-21-17(2)7-6-8-20(18)21)26-12-10-19-16-30-23(28-19)29-13-4-5-14-29/h6-8,15-16,27H,3-5,9-14H2,1-2H3,(H2,24,25,26). The lowest BCUT2D eigenvalue weighted by Crippen LogP contribution is -2.38. The van der Waals surface area contributed by atoms with E-state index < -0.39 is 0 Å². The zero-order chi connectivity index (χ0) is 20.8. The number of aromatic amines is 1. The van der Waals surface area contributed by atoms with Gasteiger partial charge in [0.05, 0.1) is 5.69 Å². The van der Waals surface area contributed by atoms with Gasteiger partial charge in [0.2, 0.25) is 0 Å². The first kappa shape index (κ1) is 20.7. The molecule has 1 saturated heterocycles. The van der Waals surface area contributed by atoms with Crippen LogP contribution in [0.3, 0.4) is 0 Å². The number of para-hydroxylation sites is 1. The van der Waals surface area contributed by atoms with Crippen LogP contribution in [0.15, 0.2) is 34.8 Å². The Morgan fingerprint density at radius 2 is 2.10 bits per heavy atom. The van der Waals surface area contributed by atoms with Crippen LogP contribution in [0.25, 0.3) is 10.9 Å². The molecule has 6 nitrogen and oxygen atoms in total. The summed E-state index contributed by atoms with van der Waals surface area (Å²) in [5, 5.41) is 11.5. The lowest BCUT2D eigenvalue weighted by molar-refractivity contribution is 0.796. The van der Waals surface area contributed by atoms with Gasteiger partial charge in [-0.15, -0.1) is 11.3 Å². The molecule has 7 heteroatoms. The van der Waals surface area contributed by atoms with Crippen molar-refractivity contribution in [1.82, 2.24) is 20.6 Å². The van der Waals surface area contributed by atoms with Gasteiger partial charge in [0.25, 0.3) is 0 Å². The monoisotopic (exact) mass is 424 g/mol. The lowest BCUT2D eigenvalue weighted by Gasteiger charge is -2.12. The van der Waals surface area contributed by atoms with E-state index in [1.165, 1.54) is 40.0 Å². The highest BCUT2D eigenvalue weighted by atomic mass is 32.1. The molecule has 1 aliphatic heterocycles. The molecule has 3 heterocycles. The number of benzene rings is 1. The van der Waals surface area contributed by atoms with Crippen molar-refractivity contribution >= 4 is 33.3 Å². The number of aryl methyl sites for hydroxylation is 1. The molecule has 0 unspecified atom stereocenters. The van der Waals surface area contributed by atoms with Crippen LogP contribution >= 0.6 is 11.3 Å². The minimum Gasteiger partial charge on any atom is -0.361 e. The number of aromatic nitrogens is 2. The van der Waals surface area contributed by atoms with Gasteiger partial charge in [0.1, 0.15) is 0 Å². The maximum absolute atomic E-state index is 4.80. The maximum Gasteiger partial charge on any atom is 0.191 e. The largest absolute Gasteiger partial charge is 0.361 e. The Morgan fingerprint density at radius 1 is 1.23 bits per heavy atom. The smallest absolute Gasteiger partial charge is 0.191 e. The van der Waals surface area contributed by atoms with E-state index in [1.54, 1.807) is 11.3 Å². The minimum absolute atomic E-state index is 0.741. The van der Waals surface area contributed by atoms with E-state index in [4.69, 9.17) is 9.98 Å². The fraction of sp³-hybridized carbons (Fsp3) is 0.478. The average Bonchev–Trinajstić information content (AvgIpc) is 3.49. The van der Waals surface area contributed by atoms with E-state index in [0.717, 1.165) is 57.2 Å². The molecule has 0 amide bonds. The summed E-state index contributed by atoms with van der Waals surface area (Å²) in [6.07, 6.45) is 6.54. The van der Waals surface area contributed by atoms with Crippen LogP contribution in [0.2, 0.25) is 0 Å². The van der Waals surface area contributed by atoms with Crippen molar-refractivity contribution in [3.63, 3.8) is 0 Å².